The van der Waals surface area contributed by atoms with Crippen LogP contribution >= 0.6 is 0 Å². The highest BCUT2D eigenvalue weighted by molar-refractivity contribution is 5.92. The van der Waals surface area contributed by atoms with Crippen LogP contribution in [-0.4, -0.2) is 22.1 Å². The van der Waals surface area contributed by atoms with Crippen LogP contribution in [0.3, 0.4) is 0 Å². The standard InChI is InChI=1S/C13H21N3O2/c1-4-18-12(17)10-11(14)16(9(2)15-10)13(3)7-5-6-8-13/h4-8,14H2,1-3H3. The molecule has 5 nitrogen and oxygen atoms in total. The Morgan fingerprint density at radius 2 is 2.11 bits per heavy atom. The molecular weight excluding hydrogens is 230 g/mol. The molecule has 100 valence electrons. The maximum Gasteiger partial charge on any atom is 0.360 e. The molecule has 0 aromatic carbocycles. The van der Waals surface area contributed by atoms with Gasteiger partial charge in [-0.05, 0) is 33.6 Å². The van der Waals surface area contributed by atoms with Crippen molar-refractivity contribution in [1.82, 2.24) is 9.55 Å². The van der Waals surface area contributed by atoms with Gasteiger partial charge in [-0.15, -0.1) is 0 Å². The highest BCUT2D eigenvalue weighted by Crippen LogP contribution is 2.39. The van der Waals surface area contributed by atoms with Gasteiger partial charge in [0.15, 0.2) is 5.69 Å². The largest absolute Gasteiger partial charge is 0.461 e. The lowest BCUT2D eigenvalue weighted by Gasteiger charge is -2.28. The van der Waals surface area contributed by atoms with Crippen LogP contribution in [0, 0.1) is 6.92 Å². The molecule has 0 aliphatic heterocycles. The van der Waals surface area contributed by atoms with Gasteiger partial charge in [-0.3, -0.25) is 0 Å². The summed E-state index contributed by atoms with van der Waals surface area (Å²) in [4.78, 5) is 16.1. The molecule has 0 bridgehead atoms. The highest BCUT2D eigenvalue weighted by Gasteiger charge is 2.35. The van der Waals surface area contributed by atoms with Crippen LogP contribution in [0.4, 0.5) is 5.82 Å². The van der Waals surface area contributed by atoms with E-state index in [1.54, 1.807) is 6.92 Å². The van der Waals surface area contributed by atoms with Gasteiger partial charge in [-0.2, -0.15) is 0 Å². The molecule has 0 atom stereocenters. The third kappa shape index (κ3) is 1.98. The van der Waals surface area contributed by atoms with Gasteiger partial charge in [0.05, 0.1) is 6.61 Å². The molecule has 1 fully saturated rings. The van der Waals surface area contributed by atoms with Crippen molar-refractivity contribution in [3.8, 4) is 0 Å². The first-order valence-electron chi connectivity index (χ1n) is 6.52. The predicted octanol–water partition coefficient (Wildman–Crippen LogP) is 2.24. The minimum absolute atomic E-state index is 0.00802. The average Bonchev–Trinajstić information content (AvgIpc) is 2.84. The number of hydrogen-bond donors (Lipinski definition) is 1. The number of anilines is 1. The van der Waals surface area contributed by atoms with Crippen molar-refractivity contribution in [2.45, 2.75) is 52.0 Å². The minimum Gasteiger partial charge on any atom is -0.461 e. The van der Waals surface area contributed by atoms with E-state index >= 15 is 0 Å². The lowest BCUT2D eigenvalue weighted by atomic mass is 10.00. The van der Waals surface area contributed by atoms with Gasteiger partial charge >= 0.3 is 5.97 Å². The Morgan fingerprint density at radius 1 is 1.50 bits per heavy atom. The third-order valence-electron chi connectivity index (χ3n) is 3.77. The second-order valence-electron chi connectivity index (χ2n) is 5.15. The Labute approximate surface area is 107 Å². The first kappa shape index (κ1) is 12.9. The summed E-state index contributed by atoms with van der Waals surface area (Å²) in [5, 5.41) is 0. The lowest BCUT2D eigenvalue weighted by Crippen LogP contribution is -2.29. The summed E-state index contributed by atoms with van der Waals surface area (Å²) in [5.41, 5.74) is 6.34. The summed E-state index contributed by atoms with van der Waals surface area (Å²) >= 11 is 0. The summed E-state index contributed by atoms with van der Waals surface area (Å²) in [7, 11) is 0. The normalized spacial score (nSPS) is 17.9. The number of carbonyl (C=O) groups is 1. The van der Waals surface area contributed by atoms with Crippen molar-refractivity contribution in [1.29, 1.82) is 0 Å². The van der Waals surface area contributed by atoms with Crippen LogP contribution in [0.2, 0.25) is 0 Å². The molecule has 2 N–H and O–H groups in total. The number of nitrogens with zero attached hydrogens (tertiary/aromatic N) is 2. The molecule has 0 saturated heterocycles. The molecule has 1 aliphatic rings. The number of esters is 1. The van der Waals surface area contributed by atoms with E-state index in [4.69, 9.17) is 10.5 Å². The highest BCUT2D eigenvalue weighted by atomic mass is 16.5. The summed E-state index contributed by atoms with van der Waals surface area (Å²) in [6.07, 6.45) is 4.55. The fourth-order valence-electron chi connectivity index (χ4n) is 2.94. The SMILES string of the molecule is CCOC(=O)c1nc(C)n(C2(C)CCCC2)c1N. The van der Waals surface area contributed by atoms with Gasteiger partial charge in [-0.25, -0.2) is 9.78 Å². The van der Waals surface area contributed by atoms with Crippen molar-refractivity contribution in [2.24, 2.45) is 0 Å². The Balaban J connectivity index is 2.41. The van der Waals surface area contributed by atoms with Crippen LogP contribution < -0.4 is 5.73 Å². The quantitative estimate of drug-likeness (QED) is 0.836. The van der Waals surface area contributed by atoms with Crippen molar-refractivity contribution in [3.63, 3.8) is 0 Å². The molecule has 1 heterocycles. The van der Waals surface area contributed by atoms with Crippen molar-refractivity contribution in [2.75, 3.05) is 12.3 Å². The Bertz CT molecular complexity index is 459. The zero-order chi connectivity index (χ0) is 13.3. The van der Waals surface area contributed by atoms with Crippen LogP contribution in [0.15, 0.2) is 0 Å². The van der Waals surface area contributed by atoms with Gasteiger partial charge in [0.1, 0.15) is 11.6 Å². The van der Waals surface area contributed by atoms with Gasteiger partial charge in [0.2, 0.25) is 0 Å². The molecule has 1 aromatic heterocycles. The van der Waals surface area contributed by atoms with Gasteiger partial charge < -0.3 is 15.0 Å². The van der Waals surface area contributed by atoms with Crippen LogP contribution in [0.5, 0.6) is 0 Å². The molecular formula is C13H21N3O2. The first-order valence-corrected chi connectivity index (χ1v) is 6.52. The summed E-state index contributed by atoms with van der Waals surface area (Å²) in [6.45, 7) is 6.18. The molecule has 2 rings (SSSR count). The van der Waals surface area contributed by atoms with Crippen LogP contribution in [-0.2, 0) is 10.3 Å². The summed E-state index contributed by atoms with van der Waals surface area (Å²) in [6, 6.07) is 0. The van der Waals surface area contributed by atoms with E-state index in [0.29, 0.717) is 12.4 Å². The average molecular weight is 251 g/mol. The monoisotopic (exact) mass is 251 g/mol. The summed E-state index contributed by atoms with van der Waals surface area (Å²) in [5.74, 6) is 0.800. The summed E-state index contributed by atoms with van der Waals surface area (Å²) < 4.78 is 6.98. The third-order valence-corrected chi connectivity index (χ3v) is 3.77. The molecule has 18 heavy (non-hydrogen) atoms. The van der Waals surface area contributed by atoms with Crippen molar-refractivity contribution < 1.29 is 9.53 Å². The van der Waals surface area contributed by atoms with E-state index in [1.807, 2.05) is 11.5 Å². The van der Waals surface area contributed by atoms with Gasteiger partial charge in [0, 0.05) is 5.54 Å². The number of ether oxygens (including phenoxy) is 1. The number of imidazole rings is 1. The molecule has 5 heteroatoms. The van der Waals surface area contributed by atoms with E-state index in [1.165, 1.54) is 12.8 Å². The Hall–Kier alpha value is -1.52. The van der Waals surface area contributed by atoms with Crippen molar-refractivity contribution in [3.05, 3.63) is 11.5 Å². The van der Waals surface area contributed by atoms with Crippen LogP contribution in [0.25, 0.3) is 0 Å². The molecule has 0 radical (unpaired) electrons. The number of rotatable bonds is 3. The molecule has 0 amide bonds. The maximum atomic E-state index is 11.8. The molecule has 1 aliphatic carbocycles. The minimum atomic E-state index is -0.432. The van der Waals surface area contributed by atoms with E-state index in [0.717, 1.165) is 18.7 Å². The zero-order valence-electron chi connectivity index (χ0n) is 11.3. The fourth-order valence-corrected chi connectivity index (χ4v) is 2.94. The first-order chi connectivity index (χ1) is 8.49. The molecule has 0 spiro atoms. The number of aryl methyl sites for hydroxylation is 1. The number of hydrogen-bond acceptors (Lipinski definition) is 4. The Kier molecular flexibility index (Phi) is 3.32. The molecule has 1 saturated carbocycles. The van der Waals surface area contributed by atoms with E-state index in [-0.39, 0.29) is 11.2 Å². The number of nitrogen functional groups attached to an aromatic ring is 1. The second kappa shape index (κ2) is 4.63. The van der Waals surface area contributed by atoms with E-state index in [9.17, 15) is 4.79 Å². The molecule has 1 aromatic rings. The van der Waals surface area contributed by atoms with Gasteiger partial charge in [0.25, 0.3) is 0 Å². The van der Waals surface area contributed by atoms with E-state index in [2.05, 4.69) is 11.9 Å². The number of carbonyl (C=O) groups excluding carboxylic acids is 1. The number of nitrogens with two attached hydrogens (primary N) is 1. The van der Waals surface area contributed by atoms with Crippen LogP contribution in [0.1, 0.15) is 55.8 Å². The smallest absolute Gasteiger partial charge is 0.360 e. The maximum absolute atomic E-state index is 11.8. The fraction of sp³-hybridized carbons (Fsp3) is 0.692. The van der Waals surface area contributed by atoms with Crippen molar-refractivity contribution >= 4 is 11.8 Å². The molecule has 0 unspecified atom stereocenters. The second-order valence-corrected chi connectivity index (χ2v) is 5.15. The topological polar surface area (TPSA) is 70.1 Å². The van der Waals surface area contributed by atoms with Gasteiger partial charge in [-0.1, -0.05) is 12.8 Å². The number of aromatic nitrogens is 2. The Morgan fingerprint density at radius 3 is 2.67 bits per heavy atom. The lowest BCUT2D eigenvalue weighted by molar-refractivity contribution is 0.0521. The van der Waals surface area contributed by atoms with E-state index < -0.39 is 5.97 Å². The predicted molar refractivity (Wildman–Crippen MR) is 69.4 cm³/mol. The zero-order valence-corrected chi connectivity index (χ0v) is 11.3.